The predicted octanol–water partition coefficient (Wildman–Crippen LogP) is 5.39. The summed E-state index contributed by atoms with van der Waals surface area (Å²) < 4.78 is 18.4. The zero-order chi connectivity index (χ0) is 22.9. The average molecular weight is 449 g/mol. The molecule has 3 aromatic carbocycles. The van der Waals surface area contributed by atoms with Crippen LogP contribution in [0.5, 0.6) is 0 Å². The van der Waals surface area contributed by atoms with Gasteiger partial charge in [-0.2, -0.15) is 0 Å². The van der Waals surface area contributed by atoms with Crippen LogP contribution in [0.25, 0.3) is 0 Å². The highest BCUT2D eigenvalue weighted by Crippen LogP contribution is 2.37. The van der Waals surface area contributed by atoms with Gasteiger partial charge in [-0.1, -0.05) is 119 Å². The summed E-state index contributed by atoms with van der Waals surface area (Å²) in [5, 5.41) is 2.59. The maximum absolute atomic E-state index is 6.97. The smallest absolute Gasteiger partial charge is 0.261 e. The van der Waals surface area contributed by atoms with Gasteiger partial charge >= 0.3 is 0 Å². The van der Waals surface area contributed by atoms with Crippen molar-refractivity contribution in [2.24, 2.45) is 5.92 Å². The average Bonchev–Trinajstić information content (AvgIpc) is 2.80. The number of ether oxygens (including phenoxy) is 2. The fourth-order valence-electron chi connectivity index (χ4n) is 4.12. The van der Waals surface area contributed by atoms with E-state index in [-0.39, 0.29) is 11.0 Å². The Kier molecular flexibility index (Phi) is 8.82. The van der Waals surface area contributed by atoms with Gasteiger partial charge in [0.15, 0.2) is 0 Å². The van der Waals surface area contributed by atoms with E-state index >= 15 is 0 Å². The van der Waals surface area contributed by atoms with Gasteiger partial charge in [0.1, 0.15) is 6.79 Å². The molecule has 0 bridgehead atoms. The Hall–Kier alpha value is -2.24. The molecule has 170 valence electrons. The largest absolute Gasteiger partial charge is 0.407 e. The molecule has 4 heteroatoms. The lowest BCUT2D eigenvalue weighted by Gasteiger charge is -2.43. The molecule has 3 aromatic rings. The highest BCUT2D eigenvalue weighted by atomic mass is 28.4. The molecule has 32 heavy (non-hydrogen) atoms. The van der Waals surface area contributed by atoms with Crippen LogP contribution >= 0.6 is 0 Å². The van der Waals surface area contributed by atoms with Gasteiger partial charge in [-0.25, -0.2) is 0 Å². The van der Waals surface area contributed by atoms with Crippen molar-refractivity contribution in [1.29, 1.82) is 0 Å². The molecule has 0 heterocycles. The monoisotopic (exact) mass is 448 g/mol. The first-order valence-electron chi connectivity index (χ1n) is 11.4. The highest BCUT2D eigenvalue weighted by molar-refractivity contribution is 6.99. The van der Waals surface area contributed by atoms with Gasteiger partial charge in [-0.05, 0) is 21.0 Å². The van der Waals surface area contributed by atoms with Crippen LogP contribution in [-0.2, 0) is 20.5 Å². The number of hydrogen-bond acceptors (Lipinski definition) is 3. The Morgan fingerprint density at radius 2 is 1.19 bits per heavy atom. The topological polar surface area (TPSA) is 27.7 Å². The molecule has 0 aromatic heterocycles. The van der Waals surface area contributed by atoms with Crippen LogP contribution in [0.2, 0.25) is 5.04 Å². The van der Waals surface area contributed by atoms with Crippen LogP contribution in [0, 0.1) is 5.92 Å². The van der Waals surface area contributed by atoms with Crippen LogP contribution in [0.1, 0.15) is 33.3 Å². The molecule has 0 fully saturated rings. The first-order valence-corrected chi connectivity index (χ1v) is 13.3. The van der Waals surface area contributed by atoms with Crippen molar-refractivity contribution in [1.82, 2.24) is 0 Å². The molecular weight excluding hydrogens is 412 g/mol. The van der Waals surface area contributed by atoms with Gasteiger partial charge in [-0.3, -0.25) is 0 Å². The van der Waals surface area contributed by atoms with E-state index in [0.29, 0.717) is 26.6 Å². The van der Waals surface area contributed by atoms with Crippen molar-refractivity contribution in [2.75, 3.05) is 20.0 Å². The van der Waals surface area contributed by atoms with Gasteiger partial charge in [0.2, 0.25) is 0 Å². The Balaban J connectivity index is 1.64. The minimum Gasteiger partial charge on any atom is -0.407 e. The molecule has 0 radical (unpaired) electrons. The second-order valence-corrected chi connectivity index (χ2v) is 13.7. The molecular formula is C28H36O3Si. The van der Waals surface area contributed by atoms with Crippen molar-refractivity contribution in [3.63, 3.8) is 0 Å². The third kappa shape index (κ3) is 6.17. The molecule has 0 aliphatic rings. The van der Waals surface area contributed by atoms with Crippen LogP contribution in [0.3, 0.4) is 0 Å². The molecule has 0 unspecified atom stereocenters. The van der Waals surface area contributed by atoms with Crippen LogP contribution in [-0.4, -0.2) is 28.3 Å². The normalized spacial score (nSPS) is 13.1. The summed E-state index contributed by atoms with van der Waals surface area (Å²) >= 11 is 0. The van der Waals surface area contributed by atoms with Crippen molar-refractivity contribution in [2.45, 2.75) is 39.3 Å². The molecule has 0 saturated heterocycles. The molecule has 0 N–H and O–H groups in total. The molecule has 0 aliphatic carbocycles. The maximum atomic E-state index is 6.97. The summed E-state index contributed by atoms with van der Waals surface area (Å²) in [4.78, 5) is 0. The summed E-state index contributed by atoms with van der Waals surface area (Å²) in [6.45, 7) is 11.2. The predicted molar refractivity (Wildman–Crippen MR) is 135 cm³/mol. The SMILES string of the molecule is C[C@@H](COCOCc1ccccc1)CO[Si](c1ccccc1)(c1ccccc1)C(C)(C)C. The van der Waals surface area contributed by atoms with E-state index < -0.39 is 8.32 Å². The minimum atomic E-state index is -2.50. The number of benzene rings is 3. The zero-order valence-corrected chi connectivity index (χ0v) is 20.8. The number of rotatable bonds is 11. The van der Waals surface area contributed by atoms with E-state index in [2.05, 4.69) is 100 Å². The lowest BCUT2D eigenvalue weighted by Crippen LogP contribution is -2.66. The Morgan fingerprint density at radius 1 is 0.688 bits per heavy atom. The quantitative estimate of drug-likeness (QED) is 0.224. The van der Waals surface area contributed by atoms with Crippen LogP contribution in [0.15, 0.2) is 91.0 Å². The molecule has 0 amide bonds. The molecule has 0 saturated carbocycles. The molecule has 3 rings (SSSR count). The zero-order valence-electron chi connectivity index (χ0n) is 19.8. The fraction of sp³-hybridized carbons (Fsp3) is 0.357. The third-order valence-electron chi connectivity index (χ3n) is 5.68. The summed E-state index contributed by atoms with van der Waals surface area (Å²) in [6, 6.07) is 31.7. The molecule has 3 nitrogen and oxygen atoms in total. The summed E-state index contributed by atoms with van der Waals surface area (Å²) in [7, 11) is -2.50. The van der Waals surface area contributed by atoms with E-state index in [4.69, 9.17) is 13.9 Å². The standard InChI is InChI=1S/C28H36O3Si/c1-24(20-29-23-30-22-25-14-8-5-9-15-25)21-31-32(28(2,3)4,26-16-10-6-11-17-26)27-18-12-7-13-19-27/h5-19,24H,20-23H2,1-4H3/t24-/m0/s1. The van der Waals surface area contributed by atoms with Crippen molar-refractivity contribution >= 4 is 18.7 Å². The van der Waals surface area contributed by atoms with E-state index in [1.807, 2.05) is 18.2 Å². The van der Waals surface area contributed by atoms with Crippen LogP contribution in [0.4, 0.5) is 0 Å². The van der Waals surface area contributed by atoms with Gasteiger partial charge in [0.05, 0.1) is 13.2 Å². The summed E-state index contributed by atoms with van der Waals surface area (Å²) in [5.74, 6) is 0.261. The minimum absolute atomic E-state index is 0.0188. The third-order valence-corrected chi connectivity index (χ3v) is 10.7. The molecule has 1 atom stereocenters. The second kappa shape index (κ2) is 11.6. The van der Waals surface area contributed by atoms with Gasteiger partial charge in [-0.15, -0.1) is 0 Å². The van der Waals surface area contributed by atoms with Crippen molar-refractivity contribution in [3.05, 3.63) is 96.6 Å². The number of hydrogen-bond donors (Lipinski definition) is 0. The Morgan fingerprint density at radius 3 is 1.69 bits per heavy atom. The van der Waals surface area contributed by atoms with E-state index in [1.165, 1.54) is 10.4 Å². The highest BCUT2D eigenvalue weighted by Gasteiger charge is 2.50. The van der Waals surface area contributed by atoms with E-state index in [0.717, 1.165) is 5.56 Å². The lowest BCUT2D eigenvalue weighted by atomic mass is 10.2. The van der Waals surface area contributed by atoms with E-state index in [9.17, 15) is 0 Å². The Bertz CT molecular complexity index is 868. The maximum Gasteiger partial charge on any atom is 0.261 e. The second-order valence-electron chi connectivity index (χ2n) is 9.40. The van der Waals surface area contributed by atoms with Crippen LogP contribution < -0.4 is 10.4 Å². The lowest BCUT2D eigenvalue weighted by molar-refractivity contribution is -0.0732. The van der Waals surface area contributed by atoms with E-state index in [1.54, 1.807) is 0 Å². The summed E-state index contributed by atoms with van der Waals surface area (Å²) in [6.07, 6.45) is 0. The van der Waals surface area contributed by atoms with Gasteiger partial charge < -0.3 is 13.9 Å². The van der Waals surface area contributed by atoms with Gasteiger partial charge in [0.25, 0.3) is 8.32 Å². The van der Waals surface area contributed by atoms with Gasteiger partial charge in [0, 0.05) is 12.5 Å². The fourth-order valence-corrected chi connectivity index (χ4v) is 8.81. The summed E-state index contributed by atoms with van der Waals surface area (Å²) in [5.41, 5.74) is 1.15. The van der Waals surface area contributed by atoms with Crippen molar-refractivity contribution < 1.29 is 13.9 Å². The first-order chi connectivity index (χ1) is 15.4. The van der Waals surface area contributed by atoms with Crippen molar-refractivity contribution in [3.8, 4) is 0 Å². The molecule has 0 aliphatic heterocycles. The Labute approximate surface area is 194 Å². The first kappa shape index (κ1) is 24.4. The molecule has 0 spiro atoms.